The number of sulfone groups is 1. The first-order valence-corrected chi connectivity index (χ1v) is 10.0. The van der Waals surface area contributed by atoms with Crippen LogP contribution >= 0.6 is 0 Å². The molecule has 7 nitrogen and oxygen atoms in total. The molecule has 1 saturated carbocycles. The third kappa shape index (κ3) is 4.76. The molecule has 2 aliphatic rings. The Hall–Kier alpha value is -0.990. The van der Waals surface area contributed by atoms with E-state index in [1.165, 1.54) is 6.26 Å². The van der Waals surface area contributed by atoms with E-state index in [9.17, 15) is 8.42 Å². The molecule has 1 atom stereocenters. The highest BCUT2D eigenvalue weighted by Gasteiger charge is 2.30. The normalized spacial score (nSPS) is 23.8. The lowest BCUT2D eigenvalue weighted by Crippen LogP contribution is -2.46. The zero-order valence-corrected chi connectivity index (χ0v) is 13.8. The Balaban J connectivity index is 1.45. The smallest absolute Gasteiger partial charge is 0.229 e. The molecule has 0 radical (unpaired) electrons. The Kier molecular flexibility index (Phi) is 4.79. The molecule has 1 saturated heterocycles. The van der Waals surface area contributed by atoms with Gasteiger partial charge in [-0.3, -0.25) is 4.90 Å². The Morgan fingerprint density at radius 3 is 2.91 bits per heavy atom. The predicted octanol–water partition coefficient (Wildman–Crippen LogP) is 0.546. The molecule has 0 unspecified atom stereocenters. The van der Waals surface area contributed by atoms with E-state index in [-0.39, 0.29) is 5.75 Å². The van der Waals surface area contributed by atoms with E-state index in [1.54, 1.807) is 0 Å². The van der Waals surface area contributed by atoms with Crippen LogP contribution in [0.4, 0.5) is 0 Å². The third-order valence-corrected chi connectivity index (χ3v) is 5.13. The molecule has 1 aliphatic carbocycles. The van der Waals surface area contributed by atoms with Gasteiger partial charge in [0, 0.05) is 31.3 Å². The van der Waals surface area contributed by atoms with E-state index in [0.29, 0.717) is 25.0 Å². The fourth-order valence-corrected chi connectivity index (χ4v) is 3.33. The number of rotatable bonds is 7. The van der Waals surface area contributed by atoms with E-state index in [2.05, 4.69) is 20.4 Å². The molecule has 2 fully saturated rings. The quantitative estimate of drug-likeness (QED) is 0.781. The summed E-state index contributed by atoms with van der Waals surface area (Å²) in [6.07, 6.45) is 5.79. The second kappa shape index (κ2) is 6.64. The number of hydrogen-bond acceptors (Lipinski definition) is 7. The topological polar surface area (TPSA) is 88.3 Å². The van der Waals surface area contributed by atoms with Crippen LogP contribution in [-0.4, -0.2) is 61.1 Å². The minimum absolute atomic E-state index is 0.194. The van der Waals surface area contributed by atoms with Crippen molar-refractivity contribution in [3.63, 3.8) is 0 Å². The van der Waals surface area contributed by atoms with E-state index in [4.69, 9.17) is 4.52 Å². The maximum absolute atomic E-state index is 11.2. The summed E-state index contributed by atoms with van der Waals surface area (Å²) >= 11 is 0. The van der Waals surface area contributed by atoms with Crippen molar-refractivity contribution in [2.75, 3.05) is 31.6 Å². The average Bonchev–Trinajstić information content (AvgIpc) is 3.19. The van der Waals surface area contributed by atoms with Crippen LogP contribution in [0.5, 0.6) is 0 Å². The van der Waals surface area contributed by atoms with Crippen molar-refractivity contribution >= 4 is 9.84 Å². The Morgan fingerprint density at radius 2 is 2.18 bits per heavy atom. The second-order valence-electron chi connectivity index (χ2n) is 6.48. The van der Waals surface area contributed by atoms with E-state index in [1.807, 2.05) is 0 Å². The van der Waals surface area contributed by atoms with Gasteiger partial charge in [-0.2, -0.15) is 4.98 Å². The highest BCUT2D eigenvalue weighted by molar-refractivity contribution is 7.90. The summed E-state index contributed by atoms with van der Waals surface area (Å²) in [5.41, 5.74) is 0. The summed E-state index contributed by atoms with van der Waals surface area (Å²) in [6, 6.07) is 0.338. The van der Waals surface area contributed by atoms with Crippen molar-refractivity contribution in [3.8, 4) is 0 Å². The molecule has 0 spiro atoms. The summed E-state index contributed by atoms with van der Waals surface area (Å²) in [7, 11) is -2.90. The van der Waals surface area contributed by atoms with Crippen LogP contribution in [0.15, 0.2) is 4.52 Å². The molecular weight excluding hydrogens is 304 g/mol. The zero-order chi connectivity index (χ0) is 15.6. The fraction of sp³-hybridized carbons (Fsp3) is 0.857. The van der Waals surface area contributed by atoms with Gasteiger partial charge in [-0.05, 0) is 32.2 Å². The molecule has 3 rings (SSSR count). The van der Waals surface area contributed by atoms with Gasteiger partial charge in [0.05, 0.1) is 12.3 Å². The number of aromatic nitrogens is 2. The van der Waals surface area contributed by atoms with Crippen molar-refractivity contribution in [1.29, 1.82) is 0 Å². The first kappa shape index (κ1) is 15.9. The number of nitrogens with zero attached hydrogens (tertiary/aromatic N) is 3. The van der Waals surface area contributed by atoms with Crippen LogP contribution < -0.4 is 5.32 Å². The first-order valence-electron chi connectivity index (χ1n) is 7.95. The molecule has 0 amide bonds. The van der Waals surface area contributed by atoms with Gasteiger partial charge in [0.25, 0.3) is 0 Å². The van der Waals surface area contributed by atoms with Crippen LogP contribution in [0, 0.1) is 0 Å². The zero-order valence-electron chi connectivity index (χ0n) is 13.0. The Labute approximate surface area is 131 Å². The number of nitrogens with one attached hydrogen (secondary N) is 1. The lowest BCUT2D eigenvalue weighted by Gasteiger charge is -2.32. The van der Waals surface area contributed by atoms with Gasteiger partial charge in [-0.25, -0.2) is 8.42 Å². The minimum atomic E-state index is -2.90. The summed E-state index contributed by atoms with van der Waals surface area (Å²) in [5.74, 6) is 2.24. The fourth-order valence-electron chi connectivity index (χ4n) is 2.84. The molecule has 2 heterocycles. The van der Waals surface area contributed by atoms with Crippen molar-refractivity contribution in [2.24, 2.45) is 0 Å². The van der Waals surface area contributed by atoms with Gasteiger partial charge in [-0.15, -0.1) is 0 Å². The van der Waals surface area contributed by atoms with Gasteiger partial charge >= 0.3 is 0 Å². The molecule has 1 aromatic rings. The number of hydrogen-bond donors (Lipinski definition) is 1. The predicted molar refractivity (Wildman–Crippen MR) is 82.3 cm³/mol. The molecule has 0 bridgehead atoms. The van der Waals surface area contributed by atoms with Gasteiger partial charge in [-0.1, -0.05) is 5.16 Å². The third-order valence-electron chi connectivity index (χ3n) is 4.19. The molecular formula is C14H24N4O3S. The van der Waals surface area contributed by atoms with Crippen molar-refractivity contribution in [1.82, 2.24) is 20.4 Å². The van der Waals surface area contributed by atoms with Gasteiger partial charge < -0.3 is 9.84 Å². The highest BCUT2D eigenvalue weighted by atomic mass is 32.2. The monoisotopic (exact) mass is 328 g/mol. The lowest BCUT2D eigenvalue weighted by molar-refractivity contribution is 0.179. The van der Waals surface area contributed by atoms with E-state index >= 15 is 0 Å². The molecule has 1 aliphatic heterocycles. The number of piperidine rings is 1. The maximum atomic E-state index is 11.2. The molecule has 0 aromatic carbocycles. The highest BCUT2D eigenvalue weighted by Crippen LogP contribution is 2.38. The summed E-state index contributed by atoms with van der Waals surface area (Å²) in [4.78, 5) is 6.78. The van der Waals surface area contributed by atoms with Crippen LogP contribution in [0.2, 0.25) is 0 Å². The lowest BCUT2D eigenvalue weighted by atomic mass is 10.1. The molecule has 22 heavy (non-hydrogen) atoms. The maximum Gasteiger partial charge on any atom is 0.229 e. The summed E-state index contributed by atoms with van der Waals surface area (Å²) < 4.78 is 27.6. The van der Waals surface area contributed by atoms with E-state index in [0.717, 1.165) is 50.5 Å². The Morgan fingerprint density at radius 1 is 1.36 bits per heavy atom. The average molecular weight is 328 g/mol. The van der Waals surface area contributed by atoms with Gasteiger partial charge in [0.1, 0.15) is 9.84 Å². The van der Waals surface area contributed by atoms with Crippen LogP contribution in [-0.2, 0) is 16.4 Å². The van der Waals surface area contributed by atoms with Crippen molar-refractivity contribution in [2.45, 2.75) is 44.2 Å². The molecule has 1 N–H and O–H groups in total. The van der Waals surface area contributed by atoms with Crippen LogP contribution in [0.25, 0.3) is 0 Å². The second-order valence-corrected chi connectivity index (χ2v) is 8.74. The van der Waals surface area contributed by atoms with Gasteiger partial charge in [0.15, 0.2) is 5.82 Å². The minimum Gasteiger partial charge on any atom is -0.339 e. The molecule has 124 valence electrons. The van der Waals surface area contributed by atoms with Gasteiger partial charge in [0.2, 0.25) is 5.89 Å². The van der Waals surface area contributed by atoms with Crippen LogP contribution in [0.3, 0.4) is 0 Å². The van der Waals surface area contributed by atoms with Crippen LogP contribution in [0.1, 0.15) is 43.3 Å². The van der Waals surface area contributed by atoms with Crippen molar-refractivity contribution < 1.29 is 12.9 Å². The molecule has 1 aromatic heterocycles. The summed E-state index contributed by atoms with van der Waals surface area (Å²) in [5, 5.41) is 7.41. The SMILES string of the molecule is CS(=O)(=O)CCN[C@H]1CCCN(Cc2noc(C3CC3)n2)C1. The molecule has 8 heteroatoms. The van der Waals surface area contributed by atoms with E-state index < -0.39 is 9.84 Å². The first-order chi connectivity index (χ1) is 10.5. The van der Waals surface area contributed by atoms with Crippen molar-refractivity contribution in [3.05, 3.63) is 11.7 Å². The standard InChI is InChI=1S/C14H24N4O3S/c1-22(19,20)8-6-15-12-3-2-7-18(9-12)10-13-16-14(21-17-13)11-4-5-11/h11-12,15H,2-10H2,1H3/t12-/m0/s1. The largest absolute Gasteiger partial charge is 0.339 e. The summed E-state index contributed by atoms with van der Waals surface area (Å²) in [6.45, 7) is 3.15. The Bertz CT molecular complexity index is 597. The number of likely N-dealkylation sites (tertiary alicyclic amines) is 1.